The maximum absolute atomic E-state index is 15.3. The lowest BCUT2D eigenvalue weighted by molar-refractivity contribution is -0.127. The van der Waals surface area contributed by atoms with E-state index in [9.17, 15) is 13.7 Å². The Hall–Kier alpha value is -4.90. The van der Waals surface area contributed by atoms with E-state index in [0.717, 1.165) is 9.99 Å². The number of anilines is 2. The highest BCUT2D eigenvalue weighted by molar-refractivity contribution is 7.93. The number of ether oxygens (including phenoxy) is 3. The number of amides is 1. The highest BCUT2D eigenvalue weighted by Crippen LogP contribution is 2.53. The van der Waals surface area contributed by atoms with Gasteiger partial charge in [0.2, 0.25) is 5.88 Å². The van der Waals surface area contributed by atoms with Crippen LogP contribution in [0, 0.1) is 11.3 Å². The van der Waals surface area contributed by atoms with Crippen molar-refractivity contribution in [3.05, 3.63) is 94.9 Å². The number of methoxy groups -OCH3 is 2. The molecule has 1 fully saturated rings. The lowest BCUT2D eigenvalue weighted by Crippen LogP contribution is -2.60. The fourth-order valence-electron chi connectivity index (χ4n) is 6.30. The summed E-state index contributed by atoms with van der Waals surface area (Å²) in [6, 6.07) is 17.9. The van der Waals surface area contributed by atoms with Crippen LogP contribution in [0.25, 0.3) is 0 Å². The number of carbonyl (C=O) groups is 1. The van der Waals surface area contributed by atoms with E-state index in [4.69, 9.17) is 25.8 Å². The molecule has 2 aliphatic rings. The van der Waals surface area contributed by atoms with Crippen LogP contribution in [0.3, 0.4) is 0 Å². The summed E-state index contributed by atoms with van der Waals surface area (Å²) in [4.78, 5) is 27.7. The van der Waals surface area contributed by atoms with E-state index in [2.05, 4.69) is 20.9 Å². The number of nitriles is 1. The third-order valence-corrected chi connectivity index (χ3v) is 10.3. The van der Waals surface area contributed by atoms with Crippen molar-refractivity contribution in [2.45, 2.75) is 17.4 Å². The van der Waals surface area contributed by atoms with Crippen molar-refractivity contribution in [2.24, 2.45) is 0 Å². The lowest BCUT2D eigenvalue weighted by atomic mass is 9.81. The van der Waals surface area contributed by atoms with E-state index in [-0.39, 0.29) is 39.5 Å². The second-order valence-corrected chi connectivity index (χ2v) is 12.9. The molecule has 2 aliphatic heterocycles. The minimum atomic E-state index is -4.60. The fraction of sp³-hybridized carbons (Fsp3) is 0.273. The van der Waals surface area contributed by atoms with Gasteiger partial charge in [-0.3, -0.25) is 14.7 Å². The zero-order chi connectivity index (χ0) is 33.3. The minimum Gasteiger partial charge on any atom is -0.497 e. The van der Waals surface area contributed by atoms with Crippen molar-refractivity contribution >= 4 is 38.9 Å². The van der Waals surface area contributed by atoms with E-state index >= 15 is 4.79 Å². The number of sulfonamides is 1. The first-order chi connectivity index (χ1) is 22.7. The number of hydrogen-bond donors (Lipinski definition) is 0. The molecule has 1 atom stereocenters. The molecule has 4 heterocycles. The number of benzene rings is 2. The van der Waals surface area contributed by atoms with Gasteiger partial charge in [-0.1, -0.05) is 11.6 Å². The SMILES string of the molecule is CCOc1nc(Cl)ccc1C1(N2CCN(c3ccncc3)CC2)C(=O)N(S(=O)(=O)c2ccc(OC)cc2OC)c2ccc(C#N)cc21. The third-order valence-electron chi connectivity index (χ3n) is 8.40. The highest BCUT2D eigenvalue weighted by Gasteiger charge is 2.61. The summed E-state index contributed by atoms with van der Waals surface area (Å²) in [5.41, 5.74) is 0.166. The van der Waals surface area contributed by atoms with Gasteiger partial charge in [0, 0.05) is 61.5 Å². The zero-order valence-electron chi connectivity index (χ0n) is 25.9. The molecule has 0 aliphatic carbocycles. The van der Waals surface area contributed by atoms with Gasteiger partial charge in [-0.15, -0.1) is 0 Å². The zero-order valence-corrected chi connectivity index (χ0v) is 27.5. The molecule has 0 saturated carbocycles. The number of pyridine rings is 2. The van der Waals surface area contributed by atoms with Gasteiger partial charge < -0.3 is 19.1 Å². The van der Waals surface area contributed by atoms with Crippen LogP contribution in [0.4, 0.5) is 11.4 Å². The standard InChI is InChI=1S/C33H31ClN6O6S/c1-4-46-31-25(7-10-30(34)37-31)33(39-17-15-38(16-18-39)23-11-13-36-14-12-23)26-19-22(21-35)5-8-27(26)40(32(33)41)47(42,43)29-9-6-24(44-2)20-28(29)45-3/h5-14,19-20H,4,15-18H2,1-3H3. The Morgan fingerprint density at radius 1 is 0.957 bits per heavy atom. The van der Waals surface area contributed by atoms with Gasteiger partial charge in [0.05, 0.1) is 38.1 Å². The Morgan fingerprint density at radius 3 is 2.36 bits per heavy atom. The molecule has 2 aromatic carbocycles. The summed E-state index contributed by atoms with van der Waals surface area (Å²) in [5.74, 6) is -0.316. The van der Waals surface area contributed by atoms with Crippen molar-refractivity contribution in [1.82, 2.24) is 14.9 Å². The second kappa shape index (κ2) is 12.7. The molecular weight excluding hydrogens is 644 g/mol. The van der Waals surface area contributed by atoms with E-state index < -0.39 is 21.5 Å². The monoisotopic (exact) mass is 674 g/mol. The molecule has 47 heavy (non-hydrogen) atoms. The van der Waals surface area contributed by atoms with Gasteiger partial charge in [-0.25, -0.2) is 17.7 Å². The van der Waals surface area contributed by atoms with Crippen LogP contribution in [-0.2, 0) is 20.4 Å². The van der Waals surface area contributed by atoms with Crippen LogP contribution in [0.1, 0.15) is 23.6 Å². The van der Waals surface area contributed by atoms with Crippen LogP contribution in [-0.4, -0.2) is 76.2 Å². The van der Waals surface area contributed by atoms with Crippen LogP contribution < -0.4 is 23.4 Å². The van der Waals surface area contributed by atoms with Gasteiger partial charge in [0.25, 0.3) is 15.9 Å². The maximum atomic E-state index is 15.3. The maximum Gasteiger partial charge on any atom is 0.274 e. The largest absolute Gasteiger partial charge is 0.497 e. The van der Waals surface area contributed by atoms with Crippen LogP contribution in [0.15, 0.2) is 78.0 Å². The number of fused-ring (bicyclic) bond motifs is 1. The number of piperazine rings is 1. The molecule has 14 heteroatoms. The summed E-state index contributed by atoms with van der Waals surface area (Å²) in [5, 5.41) is 10.1. The van der Waals surface area contributed by atoms with Crippen LogP contribution in [0.2, 0.25) is 5.15 Å². The van der Waals surface area contributed by atoms with Crippen LogP contribution >= 0.6 is 11.6 Å². The molecule has 1 saturated heterocycles. The summed E-state index contributed by atoms with van der Waals surface area (Å²) in [6.07, 6.45) is 3.43. The van der Waals surface area contributed by atoms with E-state index in [1.807, 2.05) is 17.0 Å². The molecule has 0 N–H and O–H groups in total. The van der Waals surface area contributed by atoms with Gasteiger partial charge in [0.15, 0.2) is 5.54 Å². The Morgan fingerprint density at radius 2 is 1.70 bits per heavy atom. The molecule has 0 bridgehead atoms. The number of halogens is 1. The first-order valence-corrected chi connectivity index (χ1v) is 16.6. The predicted molar refractivity (Wildman–Crippen MR) is 175 cm³/mol. The Labute approximate surface area is 277 Å². The normalized spacial score (nSPS) is 18.1. The number of rotatable bonds is 9. The first-order valence-electron chi connectivity index (χ1n) is 14.8. The Kier molecular flexibility index (Phi) is 8.67. The van der Waals surface area contributed by atoms with Crippen molar-refractivity contribution in [2.75, 3.05) is 56.2 Å². The molecule has 12 nitrogen and oxygen atoms in total. The highest BCUT2D eigenvalue weighted by atomic mass is 35.5. The lowest BCUT2D eigenvalue weighted by Gasteiger charge is -2.45. The molecule has 6 rings (SSSR count). The third kappa shape index (κ3) is 5.28. The summed E-state index contributed by atoms with van der Waals surface area (Å²) >= 11 is 6.33. The Balaban J connectivity index is 1.59. The molecule has 1 unspecified atom stereocenters. The van der Waals surface area contributed by atoms with Crippen LogP contribution in [0.5, 0.6) is 17.4 Å². The summed E-state index contributed by atoms with van der Waals surface area (Å²) in [6.45, 7) is 3.69. The fourth-order valence-corrected chi connectivity index (χ4v) is 8.04. The van der Waals surface area contributed by atoms with Gasteiger partial charge in [0.1, 0.15) is 21.5 Å². The molecule has 1 amide bonds. The molecule has 2 aromatic heterocycles. The van der Waals surface area contributed by atoms with E-state index in [1.165, 1.54) is 44.6 Å². The Bertz CT molecular complexity index is 1980. The quantitative estimate of drug-likeness (QED) is 0.236. The molecule has 0 radical (unpaired) electrons. The van der Waals surface area contributed by atoms with Crippen molar-refractivity contribution in [1.29, 1.82) is 5.26 Å². The number of hydrogen-bond acceptors (Lipinski definition) is 11. The van der Waals surface area contributed by atoms with Gasteiger partial charge in [-0.2, -0.15) is 5.26 Å². The molecule has 242 valence electrons. The van der Waals surface area contributed by atoms with Crippen molar-refractivity contribution in [3.63, 3.8) is 0 Å². The minimum absolute atomic E-state index is 0.000949. The first kappa shape index (κ1) is 32.1. The summed E-state index contributed by atoms with van der Waals surface area (Å²) < 4.78 is 46.8. The number of aromatic nitrogens is 2. The van der Waals surface area contributed by atoms with E-state index in [1.54, 1.807) is 37.5 Å². The average Bonchev–Trinajstić information content (AvgIpc) is 3.36. The summed E-state index contributed by atoms with van der Waals surface area (Å²) in [7, 11) is -1.81. The average molecular weight is 675 g/mol. The predicted octanol–water partition coefficient (Wildman–Crippen LogP) is 4.22. The molecule has 4 aromatic rings. The number of carbonyl (C=O) groups excluding carboxylic acids is 1. The number of nitrogens with zero attached hydrogens (tertiary/aromatic N) is 6. The van der Waals surface area contributed by atoms with Gasteiger partial charge >= 0.3 is 0 Å². The topological polar surface area (TPSA) is 138 Å². The second-order valence-electron chi connectivity index (χ2n) is 10.7. The smallest absolute Gasteiger partial charge is 0.274 e. The van der Waals surface area contributed by atoms with E-state index in [0.29, 0.717) is 43.1 Å². The van der Waals surface area contributed by atoms with Crippen molar-refractivity contribution in [3.8, 4) is 23.4 Å². The van der Waals surface area contributed by atoms with Gasteiger partial charge in [-0.05, 0) is 61.5 Å². The molecular formula is C33H31ClN6O6S. The molecule has 0 spiro atoms. The van der Waals surface area contributed by atoms with Crippen molar-refractivity contribution < 1.29 is 27.4 Å².